The van der Waals surface area contributed by atoms with Crippen LogP contribution in [0.1, 0.15) is 57.1 Å². The SMILES string of the molecule is CCC(C)OCC(=O)OCOc1c(OC)ccnc1C(=O)NC1COC(=O)C(Cc2ccccc2)C(OC(=O)C(C)C)C(C)OC1=O. The van der Waals surface area contributed by atoms with E-state index >= 15 is 0 Å². The molecule has 1 aliphatic heterocycles. The largest absolute Gasteiger partial charge is 0.493 e. The van der Waals surface area contributed by atoms with E-state index in [9.17, 15) is 24.0 Å². The second-order valence-corrected chi connectivity index (χ2v) is 11.1. The van der Waals surface area contributed by atoms with Gasteiger partial charge < -0.3 is 38.5 Å². The summed E-state index contributed by atoms with van der Waals surface area (Å²) < 4.78 is 38.0. The molecule has 47 heavy (non-hydrogen) atoms. The quantitative estimate of drug-likeness (QED) is 0.178. The van der Waals surface area contributed by atoms with Gasteiger partial charge in [0.1, 0.15) is 25.2 Å². The number of cyclic esters (lactones) is 2. The van der Waals surface area contributed by atoms with E-state index in [-0.39, 0.29) is 36.3 Å². The molecular formula is C33H42N2O12. The summed E-state index contributed by atoms with van der Waals surface area (Å²) in [5.41, 5.74) is 0.460. The summed E-state index contributed by atoms with van der Waals surface area (Å²) in [5.74, 6) is -5.48. The summed E-state index contributed by atoms with van der Waals surface area (Å²) in [4.78, 5) is 68.9. The highest BCUT2D eigenvalue weighted by Gasteiger charge is 2.42. The number of hydrogen-bond acceptors (Lipinski definition) is 13. The van der Waals surface area contributed by atoms with Crippen LogP contribution in [0.15, 0.2) is 42.6 Å². The van der Waals surface area contributed by atoms with Crippen molar-refractivity contribution in [3.63, 3.8) is 0 Å². The Bertz CT molecular complexity index is 1380. The van der Waals surface area contributed by atoms with Gasteiger partial charge in [-0.25, -0.2) is 14.6 Å². The molecule has 0 aliphatic carbocycles. The highest BCUT2D eigenvalue weighted by atomic mass is 16.7. The number of nitrogens with zero attached hydrogens (tertiary/aromatic N) is 1. The van der Waals surface area contributed by atoms with Crippen molar-refractivity contribution in [2.45, 2.75) is 71.8 Å². The minimum absolute atomic E-state index is 0.0905. The van der Waals surface area contributed by atoms with E-state index in [2.05, 4.69) is 10.3 Å². The molecule has 1 saturated heterocycles. The highest BCUT2D eigenvalue weighted by molar-refractivity contribution is 5.98. The lowest BCUT2D eigenvalue weighted by molar-refractivity contribution is -0.176. The van der Waals surface area contributed by atoms with Gasteiger partial charge in [0.25, 0.3) is 5.91 Å². The fourth-order valence-electron chi connectivity index (χ4n) is 4.39. The molecule has 14 nitrogen and oxygen atoms in total. The lowest BCUT2D eigenvalue weighted by Crippen LogP contribution is -2.47. The summed E-state index contributed by atoms with van der Waals surface area (Å²) in [6.07, 6.45) is -0.275. The van der Waals surface area contributed by atoms with Gasteiger partial charge in [-0.05, 0) is 32.3 Å². The van der Waals surface area contributed by atoms with Crippen LogP contribution in [-0.4, -0.2) is 86.2 Å². The molecule has 1 aromatic carbocycles. The molecule has 0 saturated carbocycles. The van der Waals surface area contributed by atoms with Gasteiger partial charge in [-0.1, -0.05) is 51.1 Å². The standard InChI is InChI=1S/C33H42N2O12/c1-7-20(4)42-17-26(36)44-18-45-29-25(41-6)13-14-34-27(29)30(37)35-24-16-43-32(39)23(15-22-11-9-8-10-12-22)28(21(5)46-33(24)40)47-31(38)19(2)3/h8-14,19-21,23-24,28H,7,15-18H2,1-6H3,(H,35,37). The van der Waals surface area contributed by atoms with Gasteiger partial charge >= 0.3 is 23.9 Å². The first-order valence-corrected chi connectivity index (χ1v) is 15.3. The number of methoxy groups -OCH3 is 1. The molecule has 5 atom stereocenters. The van der Waals surface area contributed by atoms with E-state index < -0.39 is 73.3 Å². The van der Waals surface area contributed by atoms with Crippen LogP contribution in [0.25, 0.3) is 0 Å². The van der Waals surface area contributed by atoms with E-state index in [1.54, 1.807) is 26.0 Å². The average Bonchev–Trinajstić information content (AvgIpc) is 3.09. The monoisotopic (exact) mass is 658 g/mol. The van der Waals surface area contributed by atoms with Crippen molar-refractivity contribution in [1.29, 1.82) is 0 Å². The normalized spacial score (nSPS) is 20.4. The molecule has 14 heteroatoms. The minimum atomic E-state index is -1.47. The van der Waals surface area contributed by atoms with Crippen LogP contribution in [0.5, 0.6) is 11.5 Å². The van der Waals surface area contributed by atoms with Crippen molar-refractivity contribution >= 4 is 29.8 Å². The summed E-state index contributed by atoms with van der Waals surface area (Å²) in [6.45, 7) is 7.03. The number of benzene rings is 1. The third-order valence-electron chi connectivity index (χ3n) is 7.26. The maximum Gasteiger partial charge on any atom is 0.334 e. The first kappa shape index (κ1) is 36.7. The Kier molecular flexibility index (Phi) is 13.9. The second kappa shape index (κ2) is 17.8. The van der Waals surface area contributed by atoms with Crippen LogP contribution in [0.3, 0.4) is 0 Å². The topological polar surface area (TPSA) is 175 Å². The molecule has 2 heterocycles. The Morgan fingerprint density at radius 2 is 1.79 bits per heavy atom. The van der Waals surface area contributed by atoms with Crippen LogP contribution >= 0.6 is 0 Å². The van der Waals surface area contributed by atoms with Crippen LogP contribution in [0, 0.1) is 11.8 Å². The maximum absolute atomic E-state index is 13.5. The molecule has 2 aromatic rings. The number of carbonyl (C=O) groups excluding carboxylic acids is 5. The highest BCUT2D eigenvalue weighted by Crippen LogP contribution is 2.30. The van der Waals surface area contributed by atoms with Gasteiger partial charge in [-0.15, -0.1) is 0 Å². The molecule has 3 rings (SSSR count). The lowest BCUT2D eigenvalue weighted by atomic mass is 9.91. The molecule has 5 unspecified atom stereocenters. The Balaban J connectivity index is 1.79. The first-order valence-electron chi connectivity index (χ1n) is 15.3. The summed E-state index contributed by atoms with van der Waals surface area (Å²) in [7, 11) is 1.33. The number of hydrogen-bond donors (Lipinski definition) is 1. The number of nitrogens with one attached hydrogen (secondary N) is 1. The molecule has 0 spiro atoms. The second-order valence-electron chi connectivity index (χ2n) is 11.1. The molecule has 0 radical (unpaired) electrons. The first-order chi connectivity index (χ1) is 22.4. The van der Waals surface area contributed by atoms with Crippen LogP contribution in [0.2, 0.25) is 0 Å². The number of aromatic nitrogens is 1. The van der Waals surface area contributed by atoms with Crippen LogP contribution in [0.4, 0.5) is 0 Å². The van der Waals surface area contributed by atoms with Gasteiger partial charge in [-0.3, -0.25) is 14.4 Å². The summed E-state index contributed by atoms with van der Waals surface area (Å²) in [6, 6.07) is 9.00. The van der Waals surface area contributed by atoms with E-state index in [4.69, 9.17) is 33.2 Å². The number of ether oxygens (including phenoxy) is 7. The maximum atomic E-state index is 13.5. The predicted octanol–water partition coefficient (Wildman–Crippen LogP) is 2.80. The van der Waals surface area contributed by atoms with Gasteiger partial charge in [0, 0.05) is 12.3 Å². The Morgan fingerprint density at radius 3 is 2.45 bits per heavy atom. The van der Waals surface area contributed by atoms with E-state index in [1.165, 1.54) is 26.3 Å². The molecule has 1 aliphatic rings. The van der Waals surface area contributed by atoms with Gasteiger partial charge in [0.05, 0.1) is 19.1 Å². The molecule has 1 fully saturated rings. The fraction of sp³-hybridized carbons (Fsp3) is 0.515. The summed E-state index contributed by atoms with van der Waals surface area (Å²) in [5, 5.41) is 2.47. The number of amides is 1. The zero-order valence-electron chi connectivity index (χ0n) is 27.4. The number of carbonyl (C=O) groups is 5. The van der Waals surface area contributed by atoms with E-state index in [0.29, 0.717) is 6.42 Å². The van der Waals surface area contributed by atoms with Crippen molar-refractivity contribution < 1.29 is 57.1 Å². The zero-order chi connectivity index (χ0) is 34.5. The lowest BCUT2D eigenvalue weighted by Gasteiger charge is -2.29. The van der Waals surface area contributed by atoms with Crippen molar-refractivity contribution in [2.24, 2.45) is 11.8 Å². The molecular weight excluding hydrogens is 616 g/mol. The zero-order valence-corrected chi connectivity index (χ0v) is 27.4. The van der Waals surface area contributed by atoms with Crippen molar-refractivity contribution in [2.75, 3.05) is 27.1 Å². The van der Waals surface area contributed by atoms with Crippen LogP contribution < -0.4 is 14.8 Å². The molecule has 256 valence electrons. The molecule has 0 bridgehead atoms. The summed E-state index contributed by atoms with van der Waals surface area (Å²) >= 11 is 0. The smallest absolute Gasteiger partial charge is 0.334 e. The van der Waals surface area contributed by atoms with Gasteiger partial charge in [0.2, 0.25) is 6.79 Å². The molecule has 1 N–H and O–H groups in total. The minimum Gasteiger partial charge on any atom is -0.493 e. The van der Waals surface area contributed by atoms with Crippen LogP contribution in [-0.2, 0) is 49.3 Å². The van der Waals surface area contributed by atoms with Gasteiger partial charge in [0.15, 0.2) is 29.3 Å². The van der Waals surface area contributed by atoms with Crippen molar-refractivity contribution in [3.05, 3.63) is 53.9 Å². The third kappa shape index (κ3) is 10.7. The Morgan fingerprint density at radius 1 is 1.06 bits per heavy atom. The average molecular weight is 659 g/mol. The molecule has 1 amide bonds. The number of pyridine rings is 1. The predicted molar refractivity (Wildman–Crippen MR) is 164 cm³/mol. The van der Waals surface area contributed by atoms with Crippen molar-refractivity contribution in [3.8, 4) is 11.5 Å². The number of esters is 4. The Labute approximate surface area is 273 Å². The Hall–Kier alpha value is -4.72. The number of rotatable bonds is 14. The van der Waals surface area contributed by atoms with Gasteiger partial charge in [-0.2, -0.15) is 0 Å². The molecule has 1 aromatic heterocycles. The third-order valence-corrected chi connectivity index (χ3v) is 7.26. The van der Waals surface area contributed by atoms with Crippen molar-refractivity contribution in [1.82, 2.24) is 10.3 Å². The fourth-order valence-corrected chi connectivity index (χ4v) is 4.39. The van der Waals surface area contributed by atoms with E-state index in [1.807, 2.05) is 32.0 Å². The van der Waals surface area contributed by atoms with E-state index in [0.717, 1.165) is 5.56 Å².